The summed E-state index contributed by atoms with van der Waals surface area (Å²) in [6.07, 6.45) is 1.41. The summed E-state index contributed by atoms with van der Waals surface area (Å²) in [5.74, 6) is -3.33. The molecule has 0 saturated heterocycles. The van der Waals surface area contributed by atoms with Crippen molar-refractivity contribution in [3.63, 3.8) is 0 Å². The van der Waals surface area contributed by atoms with Crippen LogP contribution in [0, 0.1) is 0 Å². The molecule has 39 heavy (non-hydrogen) atoms. The molecule has 1 saturated carbocycles. The summed E-state index contributed by atoms with van der Waals surface area (Å²) < 4.78 is 58.2. The van der Waals surface area contributed by atoms with E-state index >= 15 is 0 Å². The van der Waals surface area contributed by atoms with Gasteiger partial charge in [0.1, 0.15) is 0 Å². The van der Waals surface area contributed by atoms with Crippen molar-refractivity contribution in [1.29, 1.82) is 0 Å². The Morgan fingerprint density at radius 1 is 1.08 bits per heavy atom. The molecule has 2 aliphatic rings. The second kappa shape index (κ2) is 9.13. The zero-order chi connectivity index (χ0) is 27.4. The van der Waals surface area contributed by atoms with Gasteiger partial charge in [0.15, 0.2) is 9.84 Å². The van der Waals surface area contributed by atoms with Crippen molar-refractivity contribution in [2.45, 2.75) is 42.7 Å². The van der Waals surface area contributed by atoms with Crippen LogP contribution in [0.2, 0.25) is 0 Å². The van der Waals surface area contributed by atoms with E-state index < -0.39 is 27.1 Å². The van der Waals surface area contributed by atoms with Gasteiger partial charge in [0.2, 0.25) is 0 Å². The maximum atomic E-state index is 13.9. The van der Waals surface area contributed by atoms with Crippen molar-refractivity contribution < 1.29 is 26.7 Å². The summed E-state index contributed by atoms with van der Waals surface area (Å²) in [7, 11) is -3.53. The molecule has 1 aliphatic heterocycles. The number of ether oxygens (including phenoxy) is 1. The molecule has 1 N–H and O–H groups in total. The lowest BCUT2D eigenvalue weighted by molar-refractivity contribution is 0.0909. The van der Waals surface area contributed by atoms with E-state index in [-0.39, 0.29) is 42.4 Å². The number of alkyl halides is 2. The third-order valence-corrected chi connectivity index (χ3v) is 9.07. The number of hydrogen-bond acceptors (Lipinski definition) is 7. The molecule has 1 aromatic carbocycles. The molecule has 0 unspecified atom stereocenters. The topological polar surface area (TPSA) is 111 Å². The molecule has 0 spiro atoms. The standard InChI is InChI=1S/C28H24F2N4O4S/c1-27(16-28(27,29)30)25-4-2-3-21(34-25)22-8-7-18-13-31-20(12-23(18)33-22)14-32-26(35)17-5-6-19-15-38-9-10-39(36,37)24(19)11-17/h2-8,11-13H,9-10,14-16H2,1H3,(H,32,35)/t27-/m1/s1. The quantitative estimate of drug-likeness (QED) is 0.396. The van der Waals surface area contributed by atoms with Crippen LogP contribution in [0.4, 0.5) is 8.78 Å². The Labute approximate surface area is 223 Å². The molecular weight excluding hydrogens is 526 g/mol. The monoisotopic (exact) mass is 550 g/mol. The summed E-state index contributed by atoms with van der Waals surface area (Å²) >= 11 is 0. The molecule has 0 bridgehead atoms. The molecule has 1 fully saturated rings. The highest BCUT2D eigenvalue weighted by Crippen LogP contribution is 2.60. The van der Waals surface area contributed by atoms with Crippen LogP contribution < -0.4 is 5.32 Å². The minimum Gasteiger partial charge on any atom is -0.376 e. The first-order valence-corrected chi connectivity index (χ1v) is 14.0. The fourth-order valence-corrected chi connectivity index (χ4v) is 6.09. The number of sulfone groups is 1. The number of pyridine rings is 3. The fraction of sp³-hybridized carbons (Fsp3) is 0.286. The normalized spacial score (nSPS) is 21.1. The van der Waals surface area contributed by atoms with Crippen LogP contribution in [-0.2, 0) is 33.1 Å². The lowest BCUT2D eigenvalue weighted by Gasteiger charge is -2.11. The maximum absolute atomic E-state index is 13.9. The Hall–Kier alpha value is -3.83. The summed E-state index contributed by atoms with van der Waals surface area (Å²) in [4.78, 5) is 26.5. The first-order chi connectivity index (χ1) is 18.6. The van der Waals surface area contributed by atoms with Crippen LogP contribution in [0.3, 0.4) is 0 Å². The third-order valence-electron chi connectivity index (χ3n) is 7.31. The minimum atomic E-state index is -3.53. The summed E-state index contributed by atoms with van der Waals surface area (Å²) in [5, 5.41) is 3.54. The van der Waals surface area contributed by atoms with Crippen molar-refractivity contribution in [3.05, 3.63) is 83.3 Å². The molecule has 11 heteroatoms. The van der Waals surface area contributed by atoms with Gasteiger partial charge in [0, 0.05) is 23.6 Å². The Morgan fingerprint density at radius 2 is 1.87 bits per heavy atom. The van der Waals surface area contributed by atoms with Crippen molar-refractivity contribution in [1.82, 2.24) is 20.3 Å². The van der Waals surface area contributed by atoms with Gasteiger partial charge in [0.05, 0.1) is 64.1 Å². The number of carbonyl (C=O) groups excluding carboxylic acids is 1. The molecule has 4 heterocycles. The molecule has 200 valence electrons. The Kier molecular flexibility index (Phi) is 5.96. The summed E-state index contributed by atoms with van der Waals surface area (Å²) in [6.45, 7) is 1.89. The lowest BCUT2D eigenvalue weighted by Crippen LogP contribution is -2.23. The number of hydrogen-bond donors (Lipinski definition) is 1. The van der Waals surface area contributed by atoms with Gasteiger partial charge in [-0.05, 0) is 55.0 Å². The second-order valence-electron chi connectivity index (χ2n) is 10.1. The predicted molar refractivity (Wildman–Crippen MR) is 139 cm³/mol. The van der Waals surface area contributed by atoms with Gasteiger partial charge in [-0.1, -0.05) is 12.1 Å². The highest BCUT2D eigenvalue weighted by atomic mass is 32.2. The van der Waals surface area contributed by atoms with Crippen LogP contribution in [0.15, 0.2) is 65.7 Å². The fourth-order valence-electron chi connectivity index (χ4n) is 4.70. The number of aromatic nitrogens is 3. The molecule has 8 nitrogen and oxygen atoms in total. The SMILES string of the molecule is C[C@]1(c2cccc(-c3ccc4cnc(CNC(=O)c5ccc6c(c5)S(=O)(=O)CCOC6)cc4n3)n2)CC1(F)F. The van der Waals surface area contributed by atoms with Gasteiger partial charge in [-0.15, -0.1) is 0 Å². The summed E-state index contributed by atoms with van der Waals surface area (Å²) in [5.41, 5.74) is 2.01. The van der Waals surface area contributed by atoms with Crippen LogP contribution in [0.1, 0.15) is 40.7 Å². The average molecular weight is 551 g/mol. The van der Waals surface area contributed by atoms with E-state index in [1.807, 2.05) is 6.07 Å². The van der Waals surface area contributed by atoms with Crippen molar-refractivity contribution in [2.75, 3.05) is 12.4 Å². The smallest absolute Gasteiger partial charge is 0.260 e. The number of fused-ring (bicyclic) bond motifs is 2. The van der Waals surface area contributed by atoms with Gasteiger partial charge >= 0.3 is 0 Å². The first kappa shape index (κ1) is 25.4. The number of carbonyl (C=O) groups is 1. The number of nitrogens with one attached hydrogen (secondary N) is 1. The van der Waals surface area contributed by atoms with Crippen LogP contribution >= 0.6 is 0 Å². The van der Waals surface area contributed by atoms with Gasteiger partial charge in [0.25, 0.3) is 11.8 Å². The van der Waals surface area contributed by atoms with Crippen molar-refractivity contribution >= 4 is 26.6 Å². The van der Waals surface area contributed by atoms with E-state index in [2.05, 4.69) is 20.3 Å². The van der Waals surface area contributed by atoms with Gasteiger partial charge < -0.3 is 10.1 Å². The van der Waals surface area contributed by atoms with E-state index in [1.165, 1.54) is 13.0 Å². The van der Waals surface area contributed by atoms with E-state index in [4.69, 9.17) is 4.74 Å². The molecule has 1 atom stereocenters. The first-order valence-electron chi connectivity index (χ1n) is 12.4. The third kappa shape index (κ3) is 4.65. The highest BCUT2D eigenvalue weighted by Gasteiger charge is 2.69. The lowest BCUT2D eigenvalue weighted by atomic mass is 10.0. The molecule has 0 radical (unpaired) electrons. The molecule has 6 rings (SSSR count). The predicted octanol–water partition coefficient (Wildman–Crippen LogP) is 4.22. The Bertz CT molecular complexity index is 1750. The number of nitrogens with zero attached hydrogens (tertiary/aromatic N) is 3. The number of benzene rings is 1. The highest BCUT2D eigenvalue weighted by molar-refractivity contribution is 7.91. The average Bonchev–Trinajstić information content (AvgIpc) is 3.51. The molecular formula is C28H24F2N4O4S. The largest absolute Gasteiger partial charge is 0.376 e. The second-order valence-corrected chi connectivity index (χ2v) is 12.1. The number of rotatable bonds is 5. The van der Waals surface area contributed by atoms with Gasteiger partial charge in [-0.2, -0.15) is 0 Å². The van der Waals surface area contributed by atoms with Crippen LogP contribution in [-0.4, -0.2) is 47.6 Å². The van der Waals surface area contributed by atoms with Crippen molar-refractivity contribution in [3.8, 4) is 11.4 Å². The van der Waals surface area contributed by atoms with Gasteiger partial charge in [-0.3, -0.25) is 14.8 Å². The van der Waals surface area contributed by atoms with Crippen molar-refractivity contribution in [2.24, 2.45) is 0 Å². The van der Waals surface area contributed by atoms with Crippen LogP contribution in [0.25, 0.3) is 22.3 Å². The maximum Gasteiger partial charge on any atom is 0.260 e. The Balaban J connectivity index is 1.21. The Morgan fingerprint density at radius 3 is 2.67 bits per heavy atom. The van der Waals surface area contributed by atoms with Gasteiger partial charge in [-0.25, -0.2) is 22.2 Å². The zero-order valence-electron chi connectivity index (χ0n) is 20.9. The zero-order valence-corrected chi connectivity index (χ0v) is 21.8. The molecule has 3 aromatic heterocycles. The molecule has 4 aromatic rings. The van der Waals surface area contributed by atoms with Crippen LogP contribution in [0.5, 0.6) is 0 Å². The minimum absolute atomic E-state index is 0.0921. The van der Waals surface area contributed by atoms with E-state index in [1.54, 1.807) is 48.7 Å². The van der Waals surface area contributed by atoms with E-state index in [0.717, 1.165) is 5.39 Å². The summed E-state index contributed by atoms with van der Waals surface area (Å²) in [6, 6.07) is 14.9. The van der Waals surface area contributed by atoms with E-state index in [0.29, 0.717) is 33.9 Å². The molecule has 1 aliphatic carbocycles. The number of amides is 1. The molecule has 1 amide bonds. The van der Waals surface area contributed by atoms with E-state index in [9.17, 15) is 22.0 Å². The number of halogens is 2.